The lowest BCUT2D eigenvalue weighted by molar-refractivity contribution is -0.120. The van der Waals surface area contributed by atoms with Crippen molar-refractivity contribution in [3.63, 3.8) is 0 Å². The molecule has 1 aliphatic rings. The molecule has 0 aliphatic carbocycles. The number of carbonyl (C=O) groups is 2. The molecule has 0 unspecified atom stereocenters. The Morgan fingerprint density at radius 3 is 2.74 bits per heavy atom. The maximum Gasteiger partial charge on any atom is 0.238 e. The topological polar surface area (TPSA) is 58.2 Å². The summed E-state index contributed by atoms with van der Waals surface area (Å²) in [6.07, 6.45) is -0.0656. The summed E-state index contributed by atoms with van der Waals surface area (Å²) in [6.45, 7) is 0. The predicted octanol–water partition coefficient (Wildman–Crippen LogP) is 3.41. The Labute approximate surface area is 135 Å². The molecule has 1 heterocycles. The van der Waals surface area contributed by atoms with Gasteiger partial charge in [0.05, 0.1) is 10.9 Å². The van der Waals surface area contributed by atoms with Crippen molar-refractivity contribution in [2.45, 2.75) is 16.6 Å². The molecule has 3 rings (SSSR count). The Morgan fingerprint density at radius 2 is 1.96 bits per heavy atom. The second-order valence-corrected chi connectivity index (χ2v) is 6.22. The summed E-state index contributed by atoms with van der Waals surface area (Å²) in [7, 11) is 0. The SMILES string of the molecule is O=C(C[C@H]1Sc2ccccc2NC1=O)Nc1ccc(F)c(F)c1. The fourth-order valence-corrected chi connectivity index (χ4v) is 3.29. The number of fused-ring (bicyclic) bond motifs is 1. The molecule has 7 heteroatoms. The van der Waals surface area contributed by atoms with Crippen LogP contribution in [-0.4, -0.2) is 17.1 Å². The molecule has 4 nitrogen and oxygen atoms in total. The molecular weight excluding hydrogens is 322 g/mol. The van der Waals surface area contributed by atoms with Crippen molar-refractivity contribution in [1.82, 2.24) is 0 Å². The molecule has 0 fully saturated rings. The first-order chi connectivity index (χ1) is 11.0. The molecule has 0 bridgehead atoms. The molecule has 1 aliphatic heterocycles. The Hall–Kier alpha value is -2.41. The highest BCUT2D eigenvalue weighted by atomic mass is 32.2. The van der Waals surface area contributed by atoms with Crippen molar-refractivity contribution in [1.29, 1.82) is 0 Å². The van der Waals surface area contributed by atoms with Crippen LogP contribution in [0.25, 0.3) is 0 Å². The van der Waals surface area contributed by atoms with Gasteiger partial charge in [0.15, 0.2) is 11.6 Å². The van der Waals surface area contributed by atoms with Gasteiger partial charge in [0.25, 0.3) is 0 Å². The highest BCUT2D eigenvalue weighted by Crippen LogP contribution is 2.36. The molecule has 0 saturated carbocycles. The molecule has 118 valence electrons. The van der Waals surface area contributed by atoms with E-state index in [0.717, 1.165) is 22.7 Å². The first-order valence-corrected chi connectivity index (χ1v) is 7.72. The second kappa shape index (κ2) is 6.37. The van der Waals surface area contributed by atoms with E-state index in [2.05, 4.69) is 10.6 Å². The summed E-state index contributed by atoms with van der Waals surface area (Å²) >= 11 is 1.30. The summed E-state index contributed by atoms with van der Waals surface area (Å²) in [5.74, 6) is -2.72. The minimum atomic E-state index is -1.04. The quantitative estimate of drug-likeness (QED) is 0.904. The summed E-state index contributed by atoms with van der Waals surface area (Å²) in [5.41, 5.74) is 0.871. The predicted molar refractivity (Wildman–Crippen MR) is 84.3 cm³/mol. The lowest BCUT2D eigenvalue weighted by Gasteiger charge is -2.23. The van der Waals surface area contributed by atoms with Crippen molar-refractivity contribution in [3.05, 3.63) is 54.1 Å². The second-order valence-electron chi connectivity index (χ2n) is 4.97. The van der Waals surface area contributed by atoms with Gasteiger partial charge in [-0.2, -0.15) is 0 Å². The van der Waals surface area contributed by atoms with Gasteiger partial charge in [-0.3, -0.25) is 9.59 Å². The fourth-order valence-electron chi connectivity index (χ4n) is 2.18. The van der Waals surface area contributed by atoms with Gasteiger partial charge in [-0.1, -0.05) is 12.1 Å². The van der Waals surface area contributed by atoms with E-state index in [0.29, 0.717) is 0 Å². The number of halogens is 2. The summed E-state index contributed by atoms with van der Waals surface area (Å²) < 4.78 is 26.0. The molecule has 0 aromatic heterocycles. The summed E-state index contributed by atoms with van der Waals surface area (Å²) in [4.78, 5) is 24.9. The molecule has 2 aromatic rings. The first-order valence-electron chi connectivity index (χ1n) is 6.84. The van der Waals surface area contributed by atoms with Gasteiger partial charge in [-0.25, -0.2) is 8.78 Å². The zero-order chi connectivity index (χ0) is 16.4. The van der Waals surface area contributed by atoms with Gasteiger partial charge in [-0.15, -0.1) is 11.8 Å². The van der Waals surface area contributed by atoms with Gasteiger partial charge in [0.1, 0.15) is 0 Å². The first kappa shape index (κ1) is 15.5. The van der Waals surface area contributed by atoms with Crippen molar-refractivity contribution in [3.8, 4) is 0 Å². The number of para-hydroxylation sites is 1. The molecule has 1 atom stereocenters. The van der Waals surface area contributed by atoms with E-state index in [1.807, 2.05) is 18.2 Å². The maximum absolute atomic E-state index is 13.1. The number of hydrogen-bond acceptors (Lipinski definition) is 3. The van der Waals surface area contributed by atoms with Crippen LogP contribution in [0.5, 0.6) is 0 Å². The van der Waals surface area contributed by atoms with E-state index in [-0.39, 0.29) is 18.0 Å². The zero-order valence-corrected chi connectivity index (χ0v) is 12.6. The van der Waals surface area contributed by atoms with Gasteiger partial charge in [0.2, 0.25) is 11.8 Å². The van der Waals surface area contributed by atoms with Crippen LogP contribution in [0.15, 0.2) is 47.4 Å². The number of benzene rings is 2. The molecule has 2 N–H and O–H groups in total. The Kier molecular flexibility index (Phi) is 4.29. The monoisotopic (exact) mass is 334 g/mol. The average molecular weight is 334 g/mol. The number of anilines is 2. The van der Waals surface area contributed by atoms with E-state index in [4.69, 9.17) is 0 Å². The van der Waals surface area contributed by atoms with Gasteiger partial charge < -0.3 is 10.6 Å². The molecule has 23 heavy (non-hydrogen) atoms. The third kappa shape index (κ3) is 3.50. The fraction of sp³-hybridized carbons (Fsp3) is 0.125. The normalized spacial score (nSPS) is 16.4. The van der Waals surface area contributed by atoms with Crippen LogP contribution in [0, 0.1) is 11.6 Å². The molecule has 2 amide bonds. The maximum atomic E-state index is 13.1. The number of thioether (sulfide) groups is 1. The standard InChI is InChI=1S/C16H12F2N2O2S/c17-10-6-5-9(7-11(10)18)19-15(21)8-14-16(22)20-12-3-1-2-4-13(12)23-14/h1-7,14H,8H2,(H,19,21)(H,20,22)/t14-/m1/s1. The third-order valence-corrected chi connectivity index (χ3v) is 4.56. The molecule has 2 aromatic carbocycles. The number of hydrogen-bond donors (Lipinski definition) is 2. The number of carbonyl (C=O) groups excluding carboxylic acids is 2. The van der Waals surface area contributed by atoms with E-state index in [9.17, 15) is 18.4 Å². The van der Waals surface area contributed by atoms with Crippen LogP contribution in [0.3, 0.4) is 0 Å². The zero-order valence-electron chi connectivity index (χ0n) is 11.8. The minimum Gasteiger partial charge on any atom is -0.326 e. The van der Waals surface area contributed by atoms with Crippen LogP contribution < -0.4 is 10.6 Å². The molecule has 0 saturated heterocycles. The Morgan fingerprint density at radius 1 is 1.17 bits per heavy atom. The van der Waals surface area contributed by atoms with Gasteiger partial charge in [0, 0.05) is 23.1 Å². The van der Waals surface area contributed by atoms with E-state index in [1.54, 1.807) is 6.07 Å². The highest BCUT2D eigenvalue weighted by molar-refractivity contribution is 8.01. The van der Waals surface area contributed by atoms with Gasteiger partial charge >= 0.3 is 0 Å². The largest absolute Gasteiger partial charge is 0.326 e. The van der Waals surface area contributed by atoms with Crippen molar-refractivity contribution in [2.75, 3.05) is 10.6 Å². The summed E-state index contributed by atoms with van der Waals surface area (Å²) in [5, 5.41) is 4.64. The van der Waals surface area contributed by atoms with Crippen LogP contribution in [0.1, 0.15) is 6.42 Å². The van der Waals surface area contributed by atoms with Crippen molar-refractivity contribution in [2.24, 2.45) is 0 Å². The number of rotatable bonds is 3. The molecular formula is C16H12F2N2O2S. The average Bonchev–Trinajstić information content (AvgIpc) is 2.51. The van der Waals surface area contributed by atoms with E-state index in [1.165, 1.54) is 17.8 Å². The Balaban J connectivity index is 1.66. The van der Waals surface area contributed by atoms with E-state index >= 15 is 0 Å². The highest BCUT2D eigenvalue weighted by Gasteiger charge is 2.28. The number of amides is 2. The lowest BCUT2D eigenvalue weighted by Crippen LogP contribution is -2.32. The smallest absolute Gasteiger partial charge is 0.238 e. The lowest BCUT2D eigenvalue weighted by atomic mass is 10.2. The van der Waals surface area contributed by atoms with Crippen LogP contribution in [0.2, 0.25) is 0 Å². The molecule has 0 spiro atoms. The van der Waals surface area contributed by atoms with Gasteiger partial charge in [-0.05, 0) is 24.3 Å². The Bertz CT molecular complexity index is 782. The summed E-state index contributed by atoms with van der Waals surface area (Å²) in [6, 6.07) is 10.4. The van der Waals surface area contributed by atoms with E-state index < -0.39 is 22.8 Å². The van der Waals surface area contributed by atoms with Crippen LogP contribution in [-0.2, 0) is 9.59 Å². The van der Waals surface area contributed by atoms with Crippen molar-refractivity contribution < 1.29 is 18.4 Å². The van der Waals surface area contributed by atoms with Crippen molar-refractivity contribution >= 4 is 35.0 Å². The minimum absolute atomic E-state index is 0.0656. The van der Waals surface area contributed by atoms with Crippen LogP contribution in [0.4, 0.5) is 20.2 Å². The third-order valence-electron chi connectivity index (χ3n) is 3.28. The van der Waals surface area contributed by atoms with Crippen LogP contribution >= 0.6 is 11.8 Å². The number of nitrogens with one attached hydrogen (secondary N) is 2. The molecule has 0 radical (unpaired) electrons.